The monoisotopic (exact) mass is 598 g/mol. The van der Waals surface area contributed by atoms with Crippen molar-refractivity contribution < 1.29 is 26.8 Å². The molecule has 2 amide bonds. The Morgan fingerprint density at radius 3 is 2.14 bits per heavy atom. The van der Waals surface area contributed by atoms with Crippen molar-refractivity contribution in [2.24, 2.45) is 0 Å². The Morgan fingerprint density at radius 1 is 0.905 bits per heavy atom. The van der Waals surface area contributed by atoms with Gasteiger partial charge in [-0.25, -0.2) is 13.1 Å². The molecule has 0 heterocycles. The first-order chi connectivity index (χ1) is 20.1. The van der Waals surface area contributed by atoms with Crippen molar-refractivity contribution >= 4 is 27.7 Å². The van der Waals surface area contributed by atoms with Crippen molar-refractivity contribution in [2.45, 2.75) is 50.7 Å². The van der Waals surface area contributed by atoms with Crippen LogP contribution < -0.4 is 9.62 Å². The first-order valence-electron chi connectivity index (χ1n) is 13.9. The van der Waals surface area contributed by atoms with E-state index < -0.39 is 40.3 Å². The zero-order valence-corrected chi connectivity index (χ0v) is 24.6. The zero-order valence-electron chi connectivity index (χ0n) is 23.7. The summed E-state index contributed by atoms with van der Waals surface area (Å²) in [7, 11) is -1.58. The minimum atomic E-state index is -4.22. The first-order valence-corrected chi connectivity index (χ1v) is 15.3. The van der Waals surface area contributed by atoms with Crippen LogP contribution in [0.25, 0.3) is 0 Å². The van der Waals surface area contributed by atoms with Crippen LogP contribution in [0.1, 0.15) is 36.8 Å². The summed E-state index contributed by atoms with van der Waals surface area (Å²) in [5.74, 6) is -2.23. The van der Waals surface area contributed by atoms with Gasteiger partial charge in [0.1, 0.15) is 24.2 Å². The van der Waals surface area contributed by atoms with Gasteiger partial charge in [-0.15, -0.1) is 0 Å². The van der Waals surface area contributed by atoms with E-state index in [4.69, 9.17) is 0 Å². The van der Waals surface area contributed by atoms with Crippen LogP contribution in [-0.2, 0) is 32.8 Å². The lowest BCUT2D eigenvalue weighted by molar-refractivity contribution is -0.140. The molecule has 0 bridgehead atoms. The number of halogens is 2. The van der Waals surface area contributed by atoms with E-state index in [1.165, 1.54) is 49.3 Å². The molecule has 1 fully saturated rings. The molecule has 3 aromatic carbocycles. The zero-order chi connectivity index (χ0) is 30.3. The molecular formula is C31H36F2N4O4S. The number of amides is 2. The number of benzene rings is 3. The van der Waals surface area contributed by atoms with Gasteiger partial charge in [-0.1, -0.05) is 61.4 Å². The van der Waals surface area contributed by atoms with E-state index in [0.717, 1.165) is 52.0 Å². The maximum atomic E-state index is 14.9. The first kappa shape index (κ1) is 31.1. The Bertz CT molecular complexity index is 1460. The van der Waals surface area contributed by atoms with Gasteiger partial charge in [0.25, 0.3) is 0 Å². The average molecular weight is 599 g/mol. The molecule has 1 aliphatic rings. The average Bonchev–Trinajstić information content (AvgIpc) is 3.48. The second-order valence-electron chi connectivity index (χ2n) is 10.6. The fraction of sp³-hybridized carbons (Fsp3) is 0.355. The van der Waals surface area contributed by atoms with Crippen LogP contribution in [0, 0.1) is 11.6 Å². The van der Waals surface area contributed by atoms with Crippen LogP contribution in [0.4, 0.5) is 14.5 Å². The lowest BCUT2D eigenvalue weighted by Gasteiger charge is -2.35. The maximum absolute atomic E-state index is 14.9. The summed E-state index contributed by atoms with van der Waals surface area (Å²) in [6.45, 7) is -0.955. The minimum absolute atomic E-state index is 0.0361. The molecule has 1 atom stereocenters. The summed E-state index contributed by atoms with van der Waals surface area (Å²) in [5, 5.41) is 3.07. The highest BCUT2D eigenvalue weighted by Gasteiger charge is 2.36. The second-order valence-corrected chi connectivity index (χ2v) is 12.6. The lowest BCUT2D eigenvalue weighted by Crippen LogP contribution is -2.55. The molecule has 1 N–H and O–H groups in total. The Labute approximate surface area is 246 Å². The van der Waals surface area contributed by atoms with Gasteiger partial charge in [0.2, 0.25) is 11.8 Å². The predicted octanol–water partition coefficient (Wildman–Crippen LogP) is 4.28. The fourth-order valence-corrected chi connectivity index (χ4v) is 6.11. The summed E-state index contributed by atoms with van der Waals surface area (Å²) in [5.41, 5.74) is 1.03. The molecule has 4 rings (SSSR count). The quantitative estimate of drug-likeness (QED) is 0.337. The van der Waals surface area contributed by atoms with E-state index in [9.17, 15) is 26.8 Å². The molecule has 0 aromatic heterocycles. The standard InChI is InChI=1S/C31H36F2N4O4S/c1-35(2)42(40,41)37(27-18-16-25(32)17-19-27)22-30(38)36(21-24-12-6-9-15-28(24)33)29(20-23-10-4-3-5-11-23)31(39)34-26-13-7-8-14-26/h3-6,9-12,15-19,26,29H,7-8,13-14,20-22H2,1-2H3,(H,34,39)/t29-/m0/s1. The van der Waals surface area contributed by atoms with Crippen LogP contribution in [-0.4, -0.2) is 62.2 Å². The molecule has 1 aliphatic carbocycles. The molecule has 0 aliphatic heterocycles. The second kappa shape index (κ2) is 13.9. The number of rotatable bonds is 12. The van der Waals surface area contributed by atoms with Crippen LogP contribution in [0.3, 0.4) is 0 Å². The highest BCUT2D eigenvalue weighted by molar-refractivity contribution is 7.90. The number of nitrogens with zero attached hydrogens (tertiary/aromatic N) is 3. The van der Waals surface area contributed by atoms with E-state index in [0.29, 0.717) is 0 Å². The predicted molar refractivity (Wildman–Crippen MR) is 158 cm³/mol. The summed E-state index contributed by atoms with van der Waals surface area (Å²) in [4.78, 5) is 29.3. The number of nitrogens with one attached hydrogen (secondary N) is 1. The van der Waals surface area contributed by atoms with Crippen molar-refractivity contribution in [1.82, 2.24) is 14.5 Å². The SMILES string of the molecule is CN(C)S(=O)(=O)N(CC(=O)N(Cc1ccccc1F)[C@@H](Cc1ccccc1)C(=O)NC1CCCC1)c1ccc(F)cc1. The van der Waals surface area contributed by atoms with Crippen LogP contribution in [0.5, 0.6) is 0 Å². The third-order valence-corrected chi connectivity index (χ3v) is 9.22. The Hall–Kier alpha value is -3.83. The van der Waals surface area contributed by atoms with E-state index in [1.807, 2.05) is 30.3 Å². The molecule has 0 unspecified atom stereocenters. The number of carbonyl (C=O) groups is 2. The molecule has 8 nitrogen and oxygen atoms in total. The van der Waals surface area contributed by atoms with Crippen molar-refractivity contribution in [3.05, 3.63) is 102 Å². The van der Waals surface area contributed by atoms with E-state index >= 15 is 0 Å². The summed E-state index contributed by atoms with van der Waals surface area (Å²) in [6, 6.07) is 18.7. The molecule has 0 saturated heterocycles. The number of carbonyl (C=O) groups excluding carboxylic acids is 2. The molecule has 224 valence electrons. The maximum Gasteiger partial charge on any atom is 0.304 e. The van der Waals surface area contributed by atoms with Gasteiger partial charge < -0.3 is 10.2 Å². The van der Waals surface area contributed by atoms with Gasteiger partial charge in [-0.3, -0.25) is 9.59 Å². The topological polar surface area (TPSA) is 90.0 Å². The third kappa shape index (κ3) is 7.71. The van der Waals surface area contributed by atoms with Gasteiger partial charge in [0.05, 0.1) is 5.69 Å². The molecule has 3 aromatic rings. The van der Waals surface area contributed by atoms with Gasteiger partial charge in [-0.05, 0) is 48.7 Å². The van der Waals surface area contributed by atoms with Crippen LogP contribution in [0.15, 0.2) is 78.9 Å². The molecule has 42 heavy (non-hydrogen) atoms. The molecule has 0 spiro atoms. The number of hydrogen-bond donors (Lipinski definition) is 1. The van der Waals surface area contributed by atoms with Crippen molar-refractivity contribution in [1.29, 1.82) is 0 Å². The van der Waals surface area contributed by atoms with Crippen LogP contribution in [0.2, 0.25) is 0 Å². The van der Waals surface area contributed by atoms with E-state index in [2.05, 4.69) is 5.32 Å². The van der Waals surface area contributed by atoms with Gasteiger partial charge in [-0.2, -0.15) is 12.7 Å². The molecular weight excluding hydrogens is 562 g/mol. The van der Waals surface area contributed by atoms with Crippen LogP contribution >= 0.6 is 0 Å². The van der Waals surface area contributed by atoms with Crippen molar-refractivity contribution in [3.63, 3.8) is 0 Å². The Kier molecular flexibility index (Phi) is 10.3. The normalized spacial score (nSPS) is 14.5. The highest BCUT2D eigenvalue weighted by Crippen LogP contribution is 2.24. The third-order valence-electron chi connectivity index (χ3n) is 7.40. The Morgan fingerprint density at radius 2 is 1.52 bits per heavy atom. The molecule has 11 heteroatoms. The minimum Gasteiger partial charge on any atom is -0.352 e. The van der Waals surface area contributed by atoms with Crippen molar-refractivity contribution in [2.75, 3.05) is 24.9 Å². The van der Waals surface area contributed by atoms with Gasteiger partial charge in [0, 0.05) is 38.7 Å². The summed E-state index contributed by atoms with van der Waals surface area (Å²) < 4.78 is 57.1. The van der Waals surface area contributed by atoms with E-state index in [-0.39, 0.29) is 36.2 Å². The highest BCUT2D eigenvalue weighted by atomic mass is 32.2. The van der Waals surface area contributed by atoms with Gasteiger partial charge >= 0.3 is 10.2 Å². The van der Waals surface area contributed by atoms with E-state index in [1.54, 1.807) is 6.07 Å². The summed E-state index contributed by atoms with van der Waals surface area (Å²) >= 11 is 0. The smallest absolute Gasteiger partial charge is 0.304 e. The Balaban J connectivity index is 1.76. The summed E-state index contributed by atoms with van der Waals surface area (Å²) in [6.07, 6.45) is 3.76. The van der Waals surface area contributed by atoms with Crippen molar-refractivity contribution in [3.8, 4) is 0 Å². The lowest BCUT2D eigenvalue weighted by atomic mass is 10.0. The molecule has 1 saturated carbocycles. The van der Waals surface area contributed by atoms with Gasteiger partial charge in [0.15, 0.2) is 0 Å². The number of anilines is 1. The largest absolute Gasteiger partial charge is 0.352 e. The number of hydrogen-bond acceptors (Lipinski definition) is 4. The molecule has 0 radical (unpaired) electrons. The fourth-order valence-electron chi connectivity index (χ4n) is 5.06.